The Hall–Kier alpha value is -1.55. The molecule has 0 aliphatic carbocycles. The lowest BCUT2D eigenvalue weighted by Gasteiger charge is -2.26. The Labute approximate surface area is 101 Å². The fraction of sp³-hybridized carbons (Fsp3) is 0.462. The molecule has 4 nitrogen and oxygen atoms in total. The Bertz CT molecular complexity index is 437. The summed E-state index contributed by atoms with van der Waals surface area (Å²) in [4.78, 5) is 11.3. The fourth-order valence-electron chi connectivity index (χ4n) is 2.47. The summed E-state index contributed by atoms with van der Waals surface area (Å²) in [5.74, 6) is -0.674. The van der Waals surface area contributed by atoms with Crippen molar-refractivity contribution in [3.05, 3.63) is 28.8 Å². The summed E-state index contributed by atoms with van der Waals surface area (Å²) in [7, 11) is 0. The molecule has 4 heteroatoms. The average Bonchev–Trinajstić information content (AvgIpc) is 2.33. The fourth-order valence-corrected chi connectivity index (χ4v) is 2.47. The van der Waals surface area contributed by atoms with Crippen molar-refractivity contribution in [3.63, 3.8) is 0 Å². The molecule has 0 saturated carbocycles. The van der Waals surface area contributed by atoms with Crippen molar-refractivity contribution in [2.24, 2.45) is 0 Å². The molecule has 0 amide bonds. The number of aromatic carboxylic acids is 1. The molecule has 1 aromatic carbocycles. The monoisotopic (exact) mass is 234 g/mol. The third-order valence-corrected chi connectivity index (χ3v) is 3.44. The van der Waals surface area contributed by atoms with Gasteiger partial charge in [0.2, 0.25) is 0 Å². The topological polar surface area (TPSA) is 75.3 Å². The van der Waals surface area contributed by atoms with Gasteiger partial charge in [0.05, 0.1) is 5.56 Å². The van der Waals surface area contributed by atoms with Crippen molar-refractivity contribution < 1.29 is 9.90 Å². The van der Waals surface area contributed by atoms with Gasteiger partial charge in [0.25, 0.3) is 0 Å². The maximum absolute atomic E-state index is 11.3. The van der Waals surface area contributed by atoms with Gasteiger partial charge in [-0.3, -0.25) is 0 Å². The van der Waals surface area contributed by atoms with Crippen LogP contribution in [-0.4, -0.2) is 24.2 Å². The third-order valence-electron chi connectivity index (χ3n) is 3.44. The van der Waals surface area contributed by atoms with Gasteiger partial charge in [-0.25, -0.2) is 4.79 Å². The van der Waals surface area contributed by atoms with E-state index in [1.165, 1.54) is 0 Å². The van der Waals surface area contributed by atoms with E-state index in [0.717, 1.165) is 37.1 Å². The van der Waals surface area contributed by atoms with Crippen molar-refractivity contribution >= 4 is 11.7 Å². The summed E-state index contributed by atoms with van der Waals surface area (Å²) in [5, 5.41) is 12.5. The number of nitrogens with one attached hydrogen (secondary N) is 1. The highest BCUT2D eigenvalue weighted by atomic mass is 16.4. The van der Waals surface area contributed by atoms with Gasteiger partial charge in [0.1, 0.15) is 0 Å². The first-order valence-corrected chi connectivity index (χ1v) is 5.94. The van der Waals surface area contributed by atoms with Crippen molar-refractivity contribution in [2.75, 3.05) is 18.8 Å². The number of hydrogen-bond donors (Lipinski definition) is 3. The molecule has 92 valence electrons. The largest absolute Gasteiger partial charge is 0.478 e. The Morgan fingerprint density at radius 3 is 2.88 bits per heavy atom. The molecule has 1 saturated heterocycles. The van der Waals surface area contributed by atoms with E-state index in [2.05, 4.69) is 5.32 Å². The predicted molar refractivity (Wildman–Crippen MR) is 67.4 cm³/mol. The van der Waals surface area contributed by atoms with Crippen LogP contribution >= 0.6 is 0 Å². The molecule has 0 spiro atoms. The van der Waals surface area contributed by atoms with Crippen LogP contribution in [0.5, 0.6) is 0 Å². The van der Waals surface area contributed by atoms with E-state index in [-0.39, 0.29) is 5.92 Å². The minimum absolute atomic E-state index is 0.217. The molecule has 1 fully saturated rings. The van der Waals surface area contributed by atoms with E-state index in [1.807, 2.05) is 6.92 Å². The number of aryl methyl sites for hydroxylation is 1. The second kappa shape index (κ2) is 4.75. The predicted octanol–water partition coefficient (Wildman–Crippen LogP) is 1.74. The van der Waals surface area contributed by atoms with Crippen LogP contribution in [0.25, 0.3) is 0 Å². The van der Waals surface area contributed by atoms with Crippen LogP contribution in [-0.2, 0) is 0 Å². The number of carboxylic acid groups (broad SMARTS) is 1. The summed E-state index contributed by atoms with van der Waals surface area (Å²) in [6, 6.07) is 3.44. The minimum Gasteiger partial charge on any atom is -0.478 e. The van der Waals surface area contributed by atoms with Crippen molar-refractivity contribution in [3.8, 4) is 0 Å². The lowest BCUT2D eigenvalue weighted by atomic mass is 9.86. The van der Waals surface area contributed by atoms with Gasteiger partial charge >= 0.3 is 5.97 Å². The first-order chi connectivity index (χ1) is 8.11. The van der Waals surface area contributed by atoms with Gasteiger partial charge in [-0.2, -0.15) is 0 Å². The second-order valence-electron chi connectivity index (χ2n) is 4.61. The summed E-state index contributed by atoms with van der Waals surface area (Å²) in [6.07, 6.45) is 2.07. The second-order valence-corrected chi connectivity index (χ2v) is 4.61. The zero-order chi connectivity index (χ0) is 12.4. The zero-order valence-electron chi connectivity index (χ0n) is 9.99. The molecule has 1 aromatic rings. The molecule has 0 bridgehead atoms. The van der Waals surface area contributed by atoms with Gasteiger partial charge in [0.15, 0.2) is 0 Å². The molecule has 1 atom stereocenters. The van der Waals surface area contributed by atoms with Crippen LogP contribution in [0.15, 0.2) is 12.1 Å². The van der Waals surface area contributed by atoms with Crippen LogP contribution in [0.1, 0.15) is 40.2 Å². The summed E-state index contributed by atoms with van der Waals surface area (Å²) >= 11 is 0. The van der Waals surface area contributed by atoms with Crippen molar-refractivity contribution in [1.82, 2.24) is 5.32 Å². The number of carboxylic acids is 1. The summed E-state index contributed by atoms with van der Waals surface area (Å²) in [5.41, 5.74) is 8.81. The molecule has 2 rings (SSSR count). The highest BCUT2D eigenvalue weighted by Gasteiger charge is 2.24. The van der Waals surface area contributed by atoms with E-state index >= 15 is 0 Å². The quantitative estimate of drug-likeness (QED) is 0.681. The number of hydrogen-bond acceptors (Lipinski definition) is 3. The normalized spacial score (nSPS) is 20.2. The van der Waals surface area contributed by atoms with Crippen LogP contribution in [0.3, 0.4) is 0 Å². The highest BCUT2D eigenvalue weighted by molar-refractivity contribution is 5.92. The van der Waals surface area contributed by atoms with Crippen LogP contribution in [0, 0.1) is 6.92 Å². The van der Waals surface area contributed by atoms with Crippen LogP contribution < -0.4 is 11.1 Å². The Morgan fingerprint density at radius 2 is 2.29 bits per heavy atom. The molecule has 1 aliphatic rings. The molecule has 0 aromatic heterocycles. The van der Waals surface area contributed by atoms with E-state index in [9.17, 15) is 9.90 Å². The standard InChI is InChI=1S/C13H18N2O2/c1-8-4-5-10(13(16)17)11(12(8)14)9-3-2-6-15-7-9/h4-5,9,15H,2-3,6-7,14H2,1H3,(H,16,17). The zero-order valence-corrected chi connectivity index (χ0v) is 9.99. The Morgan fingerprint density at radius 1 is 1.53 bits per heavy atom. The first-order valence-electron chi connectivity index (χ1n) is 5.94. The molecule has 4 N–H and O–H groups in total. The van der Waals surface area contributed by atoms with E-state index in [0.29, 0.717) is 11.3 Å². The summed E-state index contributed by atoms with van der Waals surface area (Å²) in [6.45, 7) is 3.74. The Kier molecular flexibility index (Phi) is 3.33. The van der Waals surface area contributed by atoms with Crippen molar-refractivity contribution in [1.29, 1.82) is 0 Å². The lowest BCUT2D eigenvalue weighted by Crippen LogP contribution is -2.30. The Balaban J connectivity index is 2.48. The number of nitrogen functional groups attached to an aromatic ring is 1. The number of benzene rings is 1. The lowest BCUT2D eigenvalue weighted by molar-refractivity contribution is 0.0695. The third kappa shape index (κ3) is 2.26. The maximum Gasteiger partial charge on any atom is 0.336 e. The minimum atomic E-state index is -0.891. The number of nitrogens with two attached hydrogens (primary N) is 1. The molecule has 1 unspecified atom stereocenters. The molecule has 17 heavy (non-hydrogen) atoms. The smallest absolute Gasteiger partial charge is 0.336 e. The maximum atomic E-state index is 11.3. The van der Waals surface area contributed by atoms with E-state index in [4.69, 9.17) is 5.73 Å². The van der Waals surface area contributed by atoms with Gasteiger partial charge in [-0.15, -0.1) is 0 Å². The van der Waals surface area contributed by atoms with Gasteiger partial charge in [-0.1, -0.05) is 6.07 Å². The highest BCUT2D eigenvalue weighted by Crippen LogP contribution is 2.33. The summed E-state index contributed by atoms with van der Waals surface area (Å²) < 4.78 is 0. The van der Waals surface area contributed by atoms with Gasteiger partial charge in [-0.05, 0) is 49.4 Å². The van der Waals surface area contributed by atoms with Crippen molar-refractivity contribution in [2.45, 2.75) is 25.7 Å². The van der Waals surface area contributed by atoms with Gasteiger partial charge < -0.3 is 16.2 Å². The molecule has 0 radical (unpaired) electrons. The van der Waals surface area contributed by atoms with Crippen LogP contribution in [0.4, 0.5) is 5.69 Å². The molecular formula is C13H18N2O2. The van der Waals surface area contributed by atoms with Crippen LogP contribution in [0.2, 0.25) is 0 Å². The average molecular weight is 234 g/mol. The van der Waals surface area contributed by atoms with Gasteiger partial charge in [0, 0.05) is 12.2 Å². The van der Waals surface area contributed by atoms with E-state index < -0.39 is 5.97 Å². The number of carbonyl (C=O) groups is 1. The molecule has 1 heterocycles. The molecule has 1 aliphatic heterocycles. The number of piperidine rings is 1. The first kappa shape index (κ1) is 11.9. The van der Waals surface area contributed by atoms with E-state index in [1.54, 1.807) is 12.1 Å². The molecular weight excluding hydrogens is 216 g/mol. The SMILES string of the molecule is Cc1ccc(C(=O)O)c(C2CCCNC2)c1N. The number of rotatable bonds is 2. The number of anilines is 1.